The minimum atomic E-state index is -0.795. The molecule has 0 aromatic heterocycles. The number of rotatable bonds is 3. The summed E-state index contributed by atoms with van der Waals surface area (Å²) in [4.78, 5) is 26.1. The fourth-order valence-electron chi connectivity index (χ4n) is 3.02. The van der Waals surface area contributed by atoms with Crippen LogP contribution < -0.4 is 14.8 Å². The summed E-state index contributed by atoms with van der Waals surface area (Å²) in [5.41, 5.74) is 1.08. The Kier molecular flexibility index (Phi) is 4.63. The molecule has 2 aliphatic heterocycles. The maximum absolute atomic E-state index is 12.5. The van der Waals surface area contributed by atoms with E-state index in [2.05, 4.69) is 11.9 Å². The van der Waals surface area contributed by atoms with Crippen molar-refractivity contribution in [3.05, 3.63) is 36.0 Å². The van der Waals surface area contributed by atoms with Crippen LogP contribution in [0.4, 0.5) is 0 Å². The summed E-state index contributed by atoms with van der Waals surface area (Å²) in [6.07, 6.45) is 0. The summed E-state index contributed by atoms with van der Waals surface area (Å²) in [6.45, 7) is 7.37. The van der Waals surface area contributed by atoms with Gasteiger partial charge >= 0.3 is 5.97 Å². The van der Waals surface area contributed by atoms with Crippen LogP contribution in [0.5, 0.6) is 11.5 Å². The number of amides is 1. The van der Waals surface area contributed by atoms with Crippen LogP contribution in [-0.2, 0) is 14.3 Å². The summed E-state index contributed by atoms with van der Waals surface area (Å²) in [5.74, 6) is -0.394. The van der Waals surface area contributed by atoms with Crippen molar-refractivity contribution in [1.82, 2.24) is 10.2 Å². The van der Waals surface area contributed by atoms with E-state index >= 15 is 0 Å². The summed E-state index contributed by atoms with van der Waals surface area (Å²) in [7, 11) is 0. The second kappa shape index (κ2) is 6.72. The Morgan fingerprint density at radius 2 is 2.12 bits per heavy atom. The van der Waals surface area contributed by atoms with Gasteiger partial charge in [-0.2, -0.15) is 0 Å². The first-order valence-corrected chi connectivity index (χ1v) is 8.20. The highest BCUT2D eigenvalue weighted by atomic mass is 32.1. The van der Waals surface area contributed by atoms with Crippen molar-refractivity contribution in [3.8, 4) is 11.5 Å². The molecule has 0 bridgehead atoms. The number of carbonyl (C=O) groups is 2. The largest absolute Gasteiger partial charge is 0.465 e. The molecule has 7 nitrogen and oxygen atoms in total. The fourth-order valence-corrected chi connectivity index (χ4v) is 3.40. The highest BCUT2D eigenvalue weighted by molar-refractivity contribution is 7.80. The summed E-state index contributed by atoms with van der Waals surface area (Å²) < 4.78 is 15.9. The van der Waals surface area contributed by atoms with E-state index in [9.17, 15) is 9.59 Å². The monoisotopic (exact) mass is 362 g/mol. The van der Waals surface area contributed by atoms with Crippen molar-refractivity contribution >= 4 is 29.2 Å². The van der Waals surface area contributed by atoms with Crippen molar-refractivity contribution in [1.29, 1.82) is 0 Å². The third-order valence-electron chi connectivity index (χ3n) is 4.07. The van der Waals surface area contributed by atoms with Crippen LogP contribution in [0.1, 0.15) is 25.5 Å². The highest BCUT2D eigenvalue weighted by Gasteiger charge is 2.44. The zero-order chi connectivity index (χ0) is 18.1. The predicted octanol–water partition coefficient (Wildman–Crippen LogP) is 1.89. The molecule has 8 heteroatoms. The molecule has 0 spiro atoms. The molecule has 25 heavy (non-hydrogen) atoms. The van der Waals surface area contributed by atoms with Gasteiger partial charge < -0.3 is 19.5 Å². The van der Waals surface area contributed by atoms with Crippen LogP contribution in [-0.4, -0.2) is 35.3 Å². The zero-order valence-corrected chi connectivity index (χ0v) is 14.7. The fraction of sp³-hybridized carbons (Fsp3) is 0.353. The molecule has 1 amide bonds. The first kappa shape index (κ1) is 17.2. The van der Waals surface area contributed by atoms with Gasteiger partial charge in [-0.25, -0.2) is 0 Å². The quantitative estimate of drug-likeness (QED) is 0.650. The average Bonchev–Trinajstić information content (AvgIpc) is 3.01. The molecule has 1 aromatic rings. The highest BCUT2D eigenvalue weighted by Crippen LogP contribution is 2.41. The predicted molar refractivity (Wildman–Crippen MR) is 92.8 cm³/mol. The first-order chi connectivity index (χ1) is 11.9. The number of ether oxygens (including phenoxy) is 3. The Hall–Kier alpha value is -2.61. The van der Waals surface area contributed by atoms with Crippen LogP contribution in [0.25, 0.3) is 0 Å². The van der Waals surface area contributed by atoms with Crippen LogP contribution in [0.2, 0.25) is 0 Å². The van der Waals surface area contributed by atoms with Gasteiger partial charge in [0.15, 0.2) is 16.6 Å². The van der Waals surface area contributed by atoms with Gasteiger partial charge in [0, 0.05) is 12.6 Å². The van der Waals surface area contributed by atoms with E-state index in [0.717, 1.165) is 0 Å². The Labute approximate surface area is 150 Å². The first-order valence-electron chi connectivity index (χ1n) is 7.79. The second-order valence-electron chi connectivity index (χ2n) is 5.63. The van der Waals surface area contributed by atoms with Crippen molar-refractivity contribution in [2.45, 2.75) is 19.9 Å². The van der Waals surface area contributed by atoms with Crippen molar-refractivity contribution in [2.75, 3.05) is 13.4 Å². The lowest BCUT2D eigenvalue weighted by Gasteiger charge is -2.41. The molecule has 2 heterocycles. The molecule has 0 radical (unpaired) electrons. The van der Waals surface area contributed by atoms with E-state index in [1.54, 1.807) is 25.1 Å². The van der Waals surface area contributed by atoms with Crippen molar-refractivity contribution < 1.29 is 23.8 Å². The number of fused-ring (bicyclic) bond motifs is 1. The summed E-state index contributed by atoms with van der Waals surface area (Å²) >= 11 is 5.29. The number of carbonyl (C=O) groups excluding carboxylic acids is 2. The van der Waals surface area contributed by atoms with Crippen LogP contribution in [0.3, 0.4) is 0 Å². The third kappa shape index (κ3) is 3.05. The van der Waals surface area contributed by atoms with E-state index in [1.165, 1.54) is 11.8 Å². The van der Waals surface area contributed by atoms with Gasteiger partial charge in [0.05, 0.1) is 12.6 Å². The number of esters is 1. The van der Waals surface area contributed by atoms with Crippen molar-refractivity contribution in [2.24, 2.45) is 5.92 Å². The van der Waals surface area contributed by atoms with Gasteiger partial charge in [-0.1, -0.05) is 12.6 Å². The summed E-state index contributed by atoms with van der Waals surface area (Å²) in [6, 6.07) is 4.59. The molecule has 0 aliphatic carbocycles. The number of hydrogen-bond donors (Lipinski definition) is 1. The Morgan fingerprint density at radius 3 is 2.80 bits per heavy atom. The van der Waals surface area contributed by atoms with E-state index in [4.69, 9.17) is 26.4 Å². The van der Waals surface area contributed by atoms with Gasteiger partial charge in [-0.15, -0.1) is 0 Å². The molecule has 0 saturated carbocycles. The number of thiocarbonyl (C=S) groups is 1. The van der Waals surface area contributed by atoms with Gasteiger partial charge in [0.1, 0.15) is 5.92 Å². The lowest BCUT2D eigenvalue weighted by atomic mass is 9.87. The molecule has 1 saturated heterocycles. The van der Waals surface area contributed by atoms with E-state index in [1.807, 2.05) is 0 Å². The number of nitrogens with one attached hydrogen (secondary N) is 1. The number of nitrogens with zero attached hydrogens (tertiary/aromatic N) is 1. The third-order valence-corrected chi connectivity index (χ3v) is 4.37. The van der Waals surface area contributed by atoms with Crippen molar-refractivity contribution in [3.63, 3.8) is 0 Å². The smallest absolute Gasteiger partial charge is 0.317 e. The molecular weight excluding hydrogens is 344 g/mol. The standard InChI is InChI=1S/C17H18N2O5S/c1-4-22-16(21)14-9(2)18-17(25)19(10(3)20)15(14)11-5-6-12-13(7-11)24-8-23-12/h5-7,14-15H,2,4,8H2,1,3H3,(H,18,25)/t14-,15+/m0/s1. The lowest BCUT2D eigenvalue weighted by Crippen LogP contribution is -2.55. The molecule has 3 rings (SSSR count). The Bertz CT molecular complexity index is 763. The van der Waals surface area contributed by atoms with Gasteiger partial charge in [-0.05, 0) is 36.8 Å². The van der Waals surface area contributed by atoms with E-state index in [0.29, 0.717) is 22.8 Å². The molecule has 1 fully saturated rings. The molecule has 2 aliphatic rings. The van der Waals surface area contributed by atoms with E-state index < -0.39 is 17.9 Å². The maximum Gasteiger partial charge on any atom is 0.317 e. The number of hydrogen-bond acceptors (Lipinski definition) is 6. The van der Waals surface area contributed by atoms with Gasteiger partial charge in [0.25, 0.3) is 0 Å². The normalized spacial score (nSPS) is 21.8. The van der Waals surface area contributed by atoms with Crippen LogP contribution >= 0.6 is 12.2 Å². The second-order valence-corrected chi connectivity index (χ2v) is 6.02. The van der Waals surface area contributed by atoms with E-state index in [-0.39, 0.29) is 24.4 Å². The maximum atomic E-state index is 12.5. The van der Waals surface area contributed by atoms with Crippen LogP contribution in [0.15, 0.2) is 30.5 Å². The SMILES string of the molecule is C=C1NC(=S)N(C(C)=O)[C@H](c2ccc3c(c2)OCO3)[C@H]1C(=O)OCC. The zero-order valence-electron chi connectivity index (χ0n) is 13.9. The number of benzene rings is 1. The Balaban J connectivity index is 2.09. The molecule has 1 N–H and O–H groups in total. The van der Waals surface area contributed by atoms with Gasteiger partial charge in [-0.3, -0.25) is 14.5 Å². The lowest BCUT2D eigenvalue weighted by molar-refractivity contribution is -0.149. The minimum Gasteiger partial charge on any atom is -0.465 e. The molecule has 2 atom stereocenters. The minimum absolute atomic E-state index is 0.133. The average molecular weight is 362 g/mol. The molecular formula is C17H18N2O5S. The molecule has 1 aromatic carbocycles. The van der Waals surface area contributed by atoms with Crippen LogP contribution in [0, 0.1) is 5.92 Å². The van der Waals surface area contributed by atoms with Gasteiger partial charge in [0.2, 0.25) is 12.7 Å². The summed E-state index contributed by atoms with van der Waals surface area (Å²) in [5, 5.41) is 3.03. The topological polar surface area (TPSA) is 77.1 Å². The molecule has 0 unspecified atom stereocenters. The molecule has 132 valence electrons. The Morgan fingerprint density at radius 1 is 1.40 bits per heavy atom.